The molecule has 4 rings (SSSR count). The van der Waals surface area contributed by atoms with Gasteiger partial charge in [-0.15, -0.1) is 0 Å². The smallest absolute Gasteiger partial charge is 0.273 e. The molecule has 1 aliphatic heterocycles. The SMILES string of the molecule is CC(=O)Nc1ccc(C2=C(Sc3ccccc3)C(=O)N(c3ccc(F)cc3F)C2=O)cc1. The number of carbonyl (C=O) groups excluding carboxylic acids is 3. The van der Waals surface area contributed by atoms with Gasteiger partial charge in [-0.1, -0.05) is 42.1 Å². The van der Waals surface area contributed by atoms with Gasteiger partial charge in [0.05, 0.1) is 16.2 Å². The minimum absolute atomic E-state index is 0.0990. The summed E-state index contributed by atoms with van der Waals surface area (Å²) in [5, 5.41) is 2.63. The number of benzene rings is 3. The molecule has 160 valence electrons. The summed E-state index contributed by atoms with van der Waals surface area (Å²) in [6.07, 6.45) is 0. The van der Waals surface area contributed by atoms with Gasteiger partial charge < -0.3 is 5.32 Å². The minimum Gasteiger partial charge on any atom is -0.326 e. The average Bonchev–Trinajstić information content (AvgIpc) is 2.99. The van der Waals surface area contributed by atoms with Gasteiger partial charge >= 0.3 is 0 Å². The summed E-state index contributed by atoms with van der Waals surface area (Å²) in [7, 11) is 0. The number of amides is 3. The molecule has 0 fully saturated rings. The number of thioether (sulfide) groups is 1. The zero-order valence-electron chi connectivity index (χ0n) is 16.8. The van der Waals surface area contributed by atoms with E-state index in [4.69, 9.17) is 0 Å². The number of carbonyl (C=O) groups is 3. The van der Waals surface area contributed by atoms with E-state index in [0.29, 0.717) is 17.3 Å². The first-order chi connectivity index (χ1) is 15.3. The maximum atomic E-state index is 14.5. The second-order valence-electron chi connectivity index (χ2n) is 6.92. The van der Waals surface area contributed by atoms with Crippen LogP contribution < -0.4 is 10.2 Å². The number of hydrogen-bond acceptors (Lipinski definition) is 4. The number of halogens is 2. The van der Waals surface area contributed by atoms with Crippen LogP contribution in [0.25, 0.3) is 5.57 Å². The summed E-state index contributed by atoms with van der Waals surface area (Å²) in [5.74, 6) is -3.49. The van der Waals surface area contributed by atoms with E-state index in [1.54, 1.807) is 48.5 Å². The third kappa shape index (κ3) is 4.17. The van der Waals surface area contributed by atoms with Crippen LogP contribution in [0.3, 0.4) is 0 Å². The first-order valence-electron chi connectivity index (χ1n) is 9.54. The minimum atomic E-state index is -1.02. The Morgan fingerprint density at radius 2 is 1.59 bits per heavy atom. The van der Waals surface area contributed by atoms with E-state index < -0.39 is 23.4 Å². The van der Waals surface area contributed by atoms with Gasteiger partial charge in [-0.25, -0.2) is 13.7 Å². The molecule has 3 amide bonds. The molecular formula is C24H16F2N2O3S. The molecule has 1 aliphatic rings. The molecular weight excluding hydrogens is 434 g/mol. The van der Waals surface area contributed by atoms with Crippen LogP contribution in [0.4, 0.5) is 20.2 Å². The van der Waals surface area contributed by atoms with Crippen LogP contribution in [0.2, 0.25) is 0 Å². The van der Waals surface area contributed by atoms with Crippen LogP contribution in [-0.2, 0) is 14.4 Å². The summed E-state index contributed by atoms with van der Waals surface area (Å²) in [6, 6.07) is 18.1. The predicted octanol–water partition coefficient (Wildman–Crippen LogP) is 5.00. The quantitative estimate of drug-likeness (QED) is 0.556. The van der Waals surface area contributed by atoms with Crippen molar-refractivity contribution >= 4 is 46.4 Å². The average molecular weight is 450 g/mol. The second-order valence-corrected chi connectivity index (χ2v) is 8.00. The molecule has 0 atom stereocenters. The molecule has 8 heteroatoms. The standard InChI is InChI=1S/C24H16F2N2O3S/c1-14(29)27-17-10-7-15(8-11-17)21-22(32-18-5-3-2-4-6-18)24(31)28(23(21)30)20-12-9-16(25)13-19(20)26/h2-13H,1H3,(H,27,29). The fourth-order valence-electron chi connectivity index (χ4n) is 3.27. The highest BCUT2D eigenvalue weighted by molar-refractivity contribution is 8.04. The Balaban J connectivity index is 1.80. The maximum absolute atomic E-state index is 14.5. The van der Waals surface area contributed by atoms with Crippen molar-refractivity contribution in [3.05, 3.63) is 94.9 Å². The fraction of sp³-hybridized carbons (Fsp3) is 0.0417. The second kappa shape index (κ2) is 8.76. The van der Waals surface area contributed by atoms with Crippen LogP contribution in [0, 0.1) is 11.6 Å². The molecule has 0 aromatic heterocycles. The molecule has 3 aromatic carbocycles. The Kier molecular flexibility index (Phi) is 5.87. The molecule has 0 unspecified atom stereocenters. The Bertz CT molecular complexity index is 1260. The molecule has 32 heavy (non-hydrogen) atoms. The molecule has 0 saturated carbocycles. The Morgan fingerprint density at radius 3 is 2.22 bits per heavy atom. The molecule has 0 bridgehead atoms. The largest absolute Gasteiger partial charge is 0.326 e. The lowest BCUT2D eigenvalue weighted by Crippen LogP contribution is -2.32. The van der Waals surface area contributed by atoms with Gasteiger partial charge in [-0.2, -0.15) is 0 Å². The van der Waals surface area contributed by atoms with Crippen LogP contribution >= 0.6 is 11.8 Å². The van der Waals surface area contributed by atoms with Crippen LogP contribution in [-0.4, -0.2) is 17.7 Å². The third-order valence-electron chi connectivity index (χ3n) is 4.65. The van der Waals surface area contributed by atoms with Crippen LogP contribution in [0.5, 0.6) is 0 Å². The Morgan fingerprint density at radius 1 is 0.906 bits per heavy atom. The molecule has 1 heterocycles. The molecule has 3 aromatic rings. The number of nitrogens with one attached hydrogen (secondary N) is 1. The van der Waals surface area contributed by atoms with Crippen LogP contribution in [0.15, 0.2) is 82.6 Å². The highest BCUT2D eigenvalue weighted by Crippen LogP contribution is 2.42. The number of rotatable bonds is 5. The predicted molar refractivity (Wildman–Crippen MR) is 119 cm³/mol. The number of nitrogens with zero attached hydrogens (tertiary/aromatic N) is 1. The van der Waals surface area contributed by atoms with Crippen molar-refractivity contribution in [2.24, 2.45) is 0 Å². The molecule has 0 radical (unpaired) electrons. The molecule has 0 spiro atoms. The van der Waals surface area contributed by atoms with Gasteiger partial charge in [0.1, 0.15) is 11.6 Å². The first-order valence-corrected chi connectivity index (χ1v) is 10.4. The molecule has 0 aliphatic carbocycles. The van der Waals surface area contributed by atoms with Crippen molar-refractivity contribution in [3.8, 4) is 0 Å². The van der Waals surface area contributed by atoms with Crippen molar-refractivity contribution in [2.45, 2.75) is 11.8 Å². The zero-order chi connectivity index (χ0) is 22.8. The van der Waals surface area contributed by atoms with Crippen molar-refractivity contribution < 1.29 is 23.2 Å². The molecule has 0 saturated heterocycles. The highest BCUT2D eigenvalue weighted by atomic mass is 32.2. The van der Waals surface area contributed by atoms with Gasteiger partial charge in [0, 0.05) is 23.6 Å². The van der Waals surface area contributed by atoms with E-state index in [1.165, 1.54) is 6.92 Å². The van der Waals surface area contributed by atoms with E-state index in [0.717, 1.165) is 33.7 Å². The van der Waals surface area contributed by atoms with E-state index >= 15 is 0 Å². The van der Waals surface area contributed by atoms with Crippen molar-refractivity contribution in [3.63, 3.8) is 0 Å². The summed E-state index contributed by atoms with van der Waals surface area (Å²) >= 11 is 1.09. The van der Waals surface area contributed by atoms with E-state index in [-0.39, 0.29) is 22.1 Å². The number of hydrogen-bond donors (Lipinski definition) is 1. The van der Waals surface area contributed by atoms with Crippen LogP contribution in [0.1, 0.15) is 12.5 Å². The summed E-state index contributed by atoms with van der Waals surface area (Å²) in [6.45, 7) is 1.37. The van der Waals surface area contributed by atoms with Gasteiger partial charge in [-0.05, 0) is 42.0 Å². The van der Waals surface area contributed by atoms with Gasteiger partial charge in [0.2, 0.25) is 5.91 Å². The number of anilines is 2. The van der Waals surface area contributed by atoms with E-state index in [1.807, 2.05) is 6.07 Å². The van der Waals surface area contributed by atoms with Crippen molar-refractivity contribution in [1.29, 1.82) is 0 Å². The first kappa shape index (κ1) is 21.5. The maximum Gasteiger partial charge on any atom is 0.273 e. The summed E-state index contributed by atoms with van der Waals surface area (Å²) < 4.78 is 27.8. The normalized spacial score (nSPS) is 13.7. The van der Waals surface area contributed by atoms with Gasteiger partial charge in [-0.3, -0.25) is 14.4 Å². The third-order valence-corrected chi connectivity index (χ3v) is 5.74. The van der Waals surface area contributed by atoms with Crippen molar-refractivity contribution in [2.75, 3.05) is 10.2 Å². The van der Waals surface area contributed by atoms with Crippen molar-refractivity contribution in [1.82, 2.24) is 0 Å². The monoisotopic (exact) mass is 450 g/mol. The van der Waals surface area contributed by atoms with E-state index in [9.17, 15) is 23.2 Å². The molecule has 1 N–H and O–H groups in total. The highest BCUT2D eigenvalue weighted by Gasteiger charge is 2.41. The Hall–Kier alpha value is -3.78. The fourth-order valence-corrected chi connectivity index (χ4v) is 4.28. The van der Waals surface area contributed by atoms with Gasteiger partial charge in [0.15, 0.2) is 0 Å². The number of imide groups is 1. The van der Waals surface area contributed by atoms with E-state index in [2.05, 4.69) is 5.32 Å². The van der Waals surface area contributed by atoms with Gasteiger partial charge in [0.25, 0.3) is 11.8 Å². The molecule has 5 nitrogen and oxygen atoms in total. The Labute approximate surface area is 186 Å². The lowest BCUT2D eigenvalue weighted by Gasteiger charge is -2.16. The lowest BCUT2D eigenvalue weighted by atomic mass is 10.1. The zero-order valence-corrected chi connectivity index (χ0v) is 17.6. The topological polar surface area (TPSA) is 66.5 Å². The lowest BCUT2D eigenvalue weighted by molar-refractivity contribution is -0.120. The summed E-state index contributed by atoms with van der Waals surface area (Å²) in [5.41, 5.74) is 0.734. The summed E-state index contributed by atoms with van der Waals surface area (Å²) in [4.78, 5) is 39.4.